The first-order chi connectivity index (χ1) is 11.9. The third-order valence-electron chi connectivity index (χ3n) is 4.06. The normalized spacial score (nSPS) is 15.6. The fourth-order valence-corrected chi connectivity index (χ4v) is 2.91. The van der Waals surface area contributed by atoms with Gasteiger partial charge in [0.25, 0.3) is 0 Å². The zero-order valence-corrected chi connectivity index (χ0v) is 13.7. The molecule has 0 aliphatic carbocycles. The van der Waals surface area contributed by atoms with Gasteiger partial charge >= 0.3 is 5.97 Å². The van der Waals surface area contributed by atoms with E-state index in [4.69, 9.17) is 14.6 Å². The summed E-state index contributed by atoms with van der Waals surface area (Å²) in [6.45, 7) is 1.94. The maximum absolute atomic E-state index is 14.1. The summed E-state index contributed by atoms with van der Waals surface area (Å²) >= 11 is 0. The Labute approximate surface area is 144 Å². The van der Waals surface area contributed by atoms with Crippen molar-refractivity contribution < 1.29 is 28.2 Å². The molecule has 25 heavy (non-hydrogen) atoms. The van der Waals surface area contributed by atoms with Crippen LogP contribution in [0.5, 0.6) is 11.5 Å². The Morgan fingerprint density at radius 3 is 2.72 bits per heavy atom. The van der Waals surface area contributed by atoms with Crippen molar-refractivity contribution >= 4 is 5.97 Å². The van der Waals surface area contributed by atoms with Crippen molar-refractivity contribution in [1.82, 2.24) is 0 Å². The van der Waals surface area contributed by atoms with Crippen LogP contribution in [0.1, 0.15) is 30.0 Å². The summed E-state index contributed by atoms with van der Waals surface area (Å²) in [7, 11) is 0. The predicted molar refractivity (Wildman–Crippen MR) is 86.9 cm³/mol. The Bertz CT molecular complexity index is 781. The molecule has 0 saturated heterocycles. The largest absolute Gasteiger partial charge is 0.490 e. The zero-order valence-electron chi connectivity index (χ0n) is 13.7. The number of hydrogen-bond donors (Lipinski definition) is 1. The van der Waals surface area contributed by atoms with Crippen molar-refractivity contribution in [3.05, 3.63) is 58.7 Å². The van der Waals surface area contributed by atoms with E-state index in [0.29, 0.717) is 5.75 Å². The highest BCUT2D eigenvalue weighted by Crippen LogP contribution is 2.33. The van der Waals surface area contributed by atoms with Crippen LogP contribution in [0.3, 0.4) is 0 Å². The van der Waals surface area contributed by atoms with Gasteiger partial charge in [0.2, 0.25) is 0 Å². The van der Waals surface area contributed by atoms with Crippen molar-refractivity contribution in [1.29, 1.82) is 0 Å². The van der Waals surface area contributed by atoms with Gasteiger partial charge in [-0.15, -0.1) is 0 Å². The van der Waals surface area contributed by atoms with E-state index in [0.717, 1.165) is 29.7 Å². The second-order valence-electron chi connectivity index (χ2n) is 6.11. The molecule has 3 rings (SSSR count). The number of benzene rings is 2. The molecule has 1 heterocycles. The van der Waals surface area contributed by atoms with Crippen LogP contribution in [-0.2, 0) is 24.2 Å². The minimum atomic E-state index is -1.02. The van der Waals surface area contributed by atoms with Gasteiger partial charge in [0, 0.05) is 18.4 Å². The summed E-state index contributed by atoms with van der Waals surface area (Å²) in [6.07, 6.45) is 0.731. The van der Waals surface area contributed by atoms with Crippen LogP contribution in [0.4, 0.5) is 8.78 Å². The molecular formula is C19H18F2O4. The average Bonchev–Trinajstić information content (AvgIpc) is 2.93. The number of carbonyl (C=O) groups is 1. The first-order valence-electron chi connectivity index (χ1n) is 8.04. The van der Waals surface area contributed by atoms with Crippen molar-refractivity contribution in [2.75, 3.05) is 0 Å². The van der Waals surface area contributed by atoms with Gasteiger partial charge in [-0.2, -0.15) is 0 Å². The lowest BCUT2D eigenvalue weighted by atomic mass is 10.1. The molecule has 2 aromatic carbocycles. The van der Waals surface area contributed by atoms with Gasteiger partial charge in [-0.05, 0) is 36.6 Å². The van der Waals surface area contributed by atoms with Gasteiger partial charge in [-0.1, -0.05) is 18.2 Å². The summed E-state index contributed by atoms with van der Waals surface area (Å²) in [5.41, 5.74) is 2.07. The second kappa shape index (κ2) is 7.09. The predicted octanol–water partition coefficient (Wildman–Crippen LogP) is 3.88. The summed E-state index contributed by atoms with van der Waals surface area (Å²) in [5, 5.41) is 8.65. The lowest BCUT2D eigenvalue weighted by Crippen LogP contribution is -2.07. The van der Waals surface area contributed by atoms with Gasteiger partial charge in [0.1, 0.15) is 18.5 Å². The van der Waals surface area contributed by atoms with Crippen LogP contribution in [-0.4, -0.2) is 17.2 Å². The van der Waals surface area contributed by atoms with Gasteiger partial charge in [0.05, 0.1) is 0 Å². The molecule has 1 aliphatic rings. The Balaban J connectivity index is 1.74. The number of rotatable bonds is 6. The maximum Gasteiger partial charge on any atom is 0.303 e. The SMILES string of the molecule is CC1Cc2cccc(COc3c(F)cc(CCC(=O)O)cc3F)c2O1. The number of fused-ring (bicyclic) bond motifs is 1. The summed E-state index contributed by atoms with van der Waals surface area (Å²) in [5.74, 6) is -2.46. The third-order valence-corrected chi connectivity index (χ3v) is 4.06. The second-order valence-corrected chi connectivity index (χ2v) is 6.11. The van der Waals surface area contributed by atoms with Crippen molar-refractivity contribution in [2.24, 2.45) is 0 Å². The highest BCUT2D eigenvalue weighted by atomic mass is 19.1. The molecule has 4 nitrogen and oxygen atoms in total. The summed E-state index contributed by atoms with van der Waals surface area (Å²) < 4.78 is 39.3. The zero-order chi connectivity index (χ0) is 18.0. The Hall–Kier alpha value is -2.63. The van der Waals surface area contributed by atoms with Crippen LogP contribution < -0.4 is 9.47 Å². The number of aliphatic carboxylic acids is 1. The number of ether oxygens (including phenoxy) is 2. The third kappa shape index (κ3) is 3.90. The van der Waals surface area contributed by atoms with Gasteiger partial charge < -0.3 is 14.6 Å². The number of carboxylic acids is 1. The molecule has 132 valence electrons. The van der Waals surface area contributed by atoms with Gasteiger partial charge in [-0.25, -0.2) is 8.78 Å². The van der Waals surface area contributed by atoms with E-state index in [-0.39, 0.29) is 31.1 Å². The Morgan fingerprint density at radius 1 is 1.32 bits per heavy atom. The molecule has 2 aromatic rings. The van der Waals surface area contributed by atoms with E-state index in [1.807, 2.05) is 19.1 Å². The van der Waals surface area contributed by atoms with E-state index in [1.165, 1.54) is 0 Å². The van der Waals surface area contributed by atoms with Crippen molar-refractivity contribution in [3.63, 3.8) is 0 Å². The first kappa shape index (κ1) is 17.2. The van der Waals surface area contributed by atoms with Crippen LogP contribution in [0.25, 0.3) is 0 Å². The molecule has 1 atom stereocenters. The van der Waals surface area contributed by atoms with Gasteiger partial charge in [-0.3, -0.25) is 4.79 Å². The van der Waals surface area contributed by atoms with E-state index >= 15 is 0 Å². The fraction of sp³-hybridized carbons (Fsp3) is 0.316. The minimum absolute atomic E-state index is 0.0157. The highest BCUT2D eigenvalue weighted by Gasteiger charge is 2.22. The molecule has 0 bridgehead atoms. The maximum atomic E-state index is 14.1. The first-order valence-corrected chi connectivity index (χ1v) is 8.04. The number of para-hydroxylation sites is 1. The number of hydrogen-bond acceptors (Lipinski definition) is 3. The fourth-order valence-electron chi connectivity index (χ4n) is 2.91. The molecule has 0 saturated carbocycles. The monoisotopic (exact) mass is 348 g/mol. The lowest BCUT2D eigenvalue weighted by molar-refractivity contribution is -0.136. The molecule has 0 amide bonds. The highest BCUT2D eigenvalue weighted by molar-refractivity contribution is 5.67. The average molecular weight is 348 g/mol. The molecule has 0 fully saturated rings. The number of halogens is 2. The van der Waals surface area contributed by atoms with Crippen molar-refractivity contribution in [3.8, 4) is 11.5 Å². The molecule has 0 aromatic heterocycles. The molecule has 1 N–H and O–H groups in total. The van der Waals surface area contributed by atoms with Crippen LogP contribution >= 0.6 is 0 Å². The van der Waals surface area contributed by atoms with Crippen LogP contribution in [0.15, 0.2) is 30.3 Å². The molecule has 0 radical (unpaired) electrons. The van der Waals surface area contributed by atoms with Gasteiger partial charge in [0.15, 0.2) is 17.4 Å². The summed E-state index contributed by atoms with van der Waals surface area (Å²) in [6, 6.07) is 7.83. The smallest absolute Gasteiger partial charge is 0.303 e. The lowest BCUT2D eigenvalue weighted by Gasteiger charge is -2.13. The van der Waals surface area contributed by atoms with Crippen molar-refractivity contribution in [2.45, 2.75) is 38.9 Å². The number of aryl methyl sites for hydroxylation is 1. The summed E-state index contributed by atoms with van der Waals surface area (Å²) in [4.78, 5) is 10.6. The molecule has 0 spiro atoms. The Morgan fingerprint density at radius 2 is 2.04 bits per heavy atom. The quantitative estimate of drug-likeness (QED) is 0.861. The van der Waals surface area contributed by atoms with Crippen LogP contribution in [0, 0.1) is 11.6 Å². The molecule has 1 aliphatic heterocycles. The van der Waals surface area contributed by atoms with Crippen LogP contribution in [0.2, 0.25) is 0 Å². The topological polar surface area (TPSA) is 55.8 Å². The standard InChI is InChI=1S/C19H18F2O4/c1-11-7-13-3-2-4-14(18(13)25-11)10-24-19-15(20)8-12(9-16(19)21)5-6-17(22)23/h2-4,8-9,11H,5-7,10H2,1H3,(H,22,23). The Kier molecular flexibility index (Phi) is 4.88. The number of carboxylic acid groups (broad SMARTS) is 1. The molecule has 1 unspecified atom stereocenters. The minimum Gasteiger partial charge on any atom is -0.490 e. The van der Waals surface area contributed by atoms with E-state index < -0.39 is 23.4 Å². The molecular weight excluding hydrogens is 330 g/mol. The van der Waals surface area contributed by atoms with E-state index in [2.05, 4.69) is 0 Å². The van der Waals surface area contributed by atoms with E-state index in [9.17, 15) is 13.6 Å². The molecule has 6 heteroatoms. The van der Waals surface area contributed by atoms with E-state index in [1.54, 1.807) is 6.07 Å².